The summed E-state index contributed by atoms with van der Waals surface area (Å²) in [5.74, 6) is 0.259. The number of nitrogens with zero attached hydrogens (tertiary/aromatic N) is 1. The Bertz CT molecular complexity index is 921. The standard InChI is InChI=1S/C18H13Cl2N3O/c19-13-8-4-7-11(16(13)20)12-9-14(24)21-18-15(12)17(22-23-18)10-5-2-1-3-6-10/h1-8,12H,9H2,(H2,21,22,23,24). The van der Waals surface area contributed by atoms with Gasteiger partial charge in [0.2, 0.25) is 5.91 Å². The van der Waals surface area contributed by atoms with Crippen LogP contribution >= 0.6 is 23.2 Å². The van der Waals surface area contributed by atoms with Crippen LogP contribution < -0.4 is 5.32 Å². The van der Waals surface area contributed by atoms with E-state index in [0.29, 0.717) is 22.3 Å². The molecule has 0 fully saturated rings. The molecule has 1 aromatic heterocycles. The molecule has 0 radical (unpaired) electrons. The summed E-state index contributed by atoms with van der Waals surface area (Å²) in [5.41, 5.74) is 3.65. The summed E-state index contributed by atoms with van der Waals surface area (Å²) >= 11 is 12.6. The zero-order chi connectivity index (χ0) is 16.7. The molecule has 1 atom stereocenters. The van der Waals surface area contributed by atoms with Crippen molar-refractivity contribution in [2.75, 3.05) is 5.32 Å². The largest absolute Gasteiger partial charge is 0.309 e. The molecular weight excluding hydrogens is 345 g/mol. The maximum atomic E-state index is 12.1. The Kier molecular flexibility index (Phi) is 3.79. The molecule has 2 heterocycles. The monoisotopic (exact) mass is 357 g/mol. The van der Waals surface area contributed by atoms with Gasteiger partial charge in [0, 0.05) is 17.9 Å². The average Bonchev–Trinajstić information content (AvgIpc) is 3.01. The van der Waals surface area contributed by atoms with E-state index in [9.17, 15) is 4.79 Å². The summed E-state index contributed by atoms with van der Waals surface area (Å²) in [6.45, 7) is 0. The van der Waals surface area contributed by atoms with Crippen molar-refractivity contribution < 1.29 is 4.79 Å². The van der Waals surface area contributed by atoms with Crippen LogP contribution in [0.3, 0.4) is 0 Å². The van der Waals surface area contributed by atoms with Crippen molar-refractivity contribution in [1.29, 1.82) is 0 Å². The molecule has 0 saturated carbocycles. The maximum Gasteiger partial charge on any atom is 0.226 e. The van der Waals surface area contributed by atoms with Crippen LogP contribution in [0, 0.1) is 0 Å². The van der Waals surface area contributed by atoms with E-state index >= 15 is 0 Å². The first-order chi connectivity index (χ1) is 11.6. The van der Waals surface area contributed by atoms with Gasteiger partial charge in [-0.25, -0.2) is 0 Å². The quantitative estimate of drug-likeness (QED) is 0.688. The lowest BCUT2D eigenvalue weighted by Crippen LogP contribution is -2.23. The molecule has 120 valence electrons. The zero-order valence-electron chi connectivity index (χ0n) is 12.5. The number of benzene rings is 2. The van der Waals surface area contributed by atoms with Gasteiger partial charge in [0.05, 0.1) is 15.7 Å². The molecule has 4 rings (SSSR count). The molecule has 0 bridgehead atoms. The number of anilines is 1. The Morgan fingerprint density at radius 2 is 1.83 bits per heavy atom. The number of carbonyl (C=O) groups is 1. The van der Waals surface area contributed by atoms with Crippen LogP contribution in [-0.4, -0.2) is 16.1 Å². The Balaban J connectivity index is 1.92. The number of carbonyl (C=O) groups excluding carboxylic acids is 1. The number of hydrogen-bond acceptors (Lipinski definition) is 2. The van der Waals surface area contributed by atoms with E-state index in [1.807, 2.05) is 42.5 Å². The van der Waals surface area contributed by atoms with Crippen LogP contribution in [0.2, 0.25) is 10.0 Å². The first kappa shape index (κ1) is 15.2. The summed E-state index contributed by atoms with van der Waals surface area (Å²) in [6.07, 6.45) is 0.298. The highest BCUT2D eigenvalue weighted by Gasteiger charge is 2.33. The number of hydrogen-bond donors (Lipinski definition) is 2. The van der Waals surface area contributed by atoms with E-state index in [1.54, 1.807) is 6.07 Å². The van der Waals surface area contributed by atoms with Crippen LogP contribution in [0.15, 0.2) is 48.5 Å². The van der Waals surface area contributed by atoms with E-state index in [0.717, 1.165) is 22.4 Å². The van der Waals surface area contributed by atoms with Gasteiger partial charge in [0.15, 0.2) is 5.82 Å². The Hall–Kier alpha value is -2.30. The molecule has 4 nitrogen and oxygen atoms in total. The summed E-state index contributed by atoms with van der Waals surface area (Å²) in [6, 6.07) is 15.4. The molecule has 0 spiro atoms. The van der Waals surface area contributed by atoms with E-state index in [2.05, 4.69) is 15.5 Å². The normalized spacial score (nSPS) is 16.6. The molecule has 0 aliphatic carbocycles. The summed E-state index contributed by atoms with van der Waals surface area (Å²) < 4.78 is 0. The third-order valence-electron chi connectivity index (χ3n) is 4.22. The number of amides is 1. The number of aromatic amines is 1. The molecule has 1 aliphatic rings. The van der Waals surface area contributed by atoms with Gasteiger partial charge in [-0.2, -0.15) is 5.10 Å². The number of aromatic nitrogens is 2. The van der Waals surface area contributed by atoms with Crippen LogP contribution in [0.1, 0.15) is 23.5 Å². The lowest BCUT2D eigenvalue weighted by molar-refractivity contribution is -0.116. The van der Waals surface area contributed by atoms with Crippen molar-refractivity contribution in [1.82, 2.24) is 10.2 Å². The predicted molar refractivity (Wildman–Crippen MR) is 95.6 cm³/mol. The third kappa shape index (κ3) is 2.48. The van der Waals surface area contributed by atoms with Crippen molar-refractivity contribution in [2.24, 2.45) is 0 Å². The number of rotatable bonds is 2. The van der Waals surface area contributed by atoms with Gasteiger partial charge in [-0.15, -0.1) is 0 Å². The van der Waals surface area contributed by atoms with Gasteiger partial charge in [0.1, 0.15) is 0 Å². The molecule has 1 unspecified atom stereocenters. The molecule has 1 aliphatic heterocycles. The summed E-state index contributed by atoms with van der Waals surface area (Å²) in [4.78, 5) is 12.1. The summed E-state index contributed by atoms with van der Waals surface area (Å²) in [5, 5.41) is 11.1. The Morgan fingerprint density at radius 1 is 1.04 bits per heavy atom. The molecular formula is C18H13Cl2N3O. The third-order valence-corrected chi connectivity index (χ3v) is 5.05. The molecule has 6 heteroatoms. The second kappa shape index (κ2) is 5.96. The minimum atomic E-state index is -0.200. The van der Waals surface area contributed by atoms with Gasteiger partial charge in [-0.05, 0) is 17.2 Å². The first-order valence-corrected chi connectivity index (χ1v) is 8.28. The number of H-pyrrole nitrogens is 1. The number of nitrogens with one attached hydrogen (secondary N) is 2. The lowest BCUT2D eigenvalue weighted by atomic mass is 9.84. The van der Waals surface area contributed by atoms with Gasteiger partial charge >= 0.3 is 0 Å². The second-order valence-electron chi connectivity index (χ2n) is 5.67. The topological polar surface area (TPSA) is 57.8 Å². The van der Waals surface area contributed by atoms with Crippen LogP contribution in [-0.2, 0) is 4.79 Å². The van der Waals surface area contributed by atoms with Gasteiger partial charge in [-0.3, -0.25) is 9.89 Å². The highest BCUT2D eigenvalue weighted by atomic mass is 35.5. The summed E-state index contributed by atoms with van der Waals surface area (Å²) in [7, 11) is 0. The second-order valence-corrected chi connectivity index (χ2v) is 6.46. The van der Waals surface area contributed by atoms with Crippen molar-refractivity contribution in [2.45, 2.75) is 12.3 Å². The van der Waals surface area contributed by atoms with Gasteiger partial charge in [0.25, 0.3) is 0 Å². The Morgan fingerprint density at radius 3 is 2.62 bits per heavy atom. The molecule has 1 amide bonds. The minimum Gasteiger partial charge on any atom is -0.309 e. The van der Waals surface area contributed by atoms with Crippen molar-refractivity contribution in [3.8, 4) is 11.3 Å². The van der Waals surface area contributed by atoms with Crippen molar-refractivity contribution >= 4 is 34.9 Å². The first-order valence-electron chi connectivity index (χ1n) is 7.52. The minimum absolute atomic E-state index is 0.0883. The predicted octanol–water partition coefficient (Wildman–Crippen LogP) is 4.86. The van der Waals surface area contributed by atoms with Gasteiger partial charge in [-0.1, -0.05) is 65.7 Å². The number of fused-ring (bicyclic) bond motifs is 1. The fraction of sp³-hybridized carbons (Fsp3) is 0.111. The van der Waals surface area contributed by atoms with Crippen LogP contribution in [0.5, 0.6) is 0 Å². The molecule has 2 N–H and O–H groups in total. The molecule has 3 aromatic rings. The fourth-order valence-corrected chi connectivity index (χ4v) is 3.58. The molecule has 2 aromatic carbocycles. The maximum absolute atomic E-state index is 12.1. The highest BCUT2D eigenvalue weighted by molar-refractivity contribution is 6.42. The zero-order valence-corrected chi connectivity index (χ0v) is 14.0. The van der Waals surface area contributed by atoms with E-state index in [1.165, 1.54) is 0 Å². The molecule has 0 saturated heterocycles. The van der Waals surface area contributed by atoms with Crippen molar-refractivity contribution in [3.05, 3.63) is 69.7 Å². The lowest BCUT2D eigenvalue weighted by Gasteiger charge is -2.24. The Labute approximate surface area is 148 Å². The fourth-order valence-electron chi connectivity index (χ4n) is 3.14. The SMILES string of the molecule is O=C1CC(c2cccc(Cl)c2Cl)c2c(n[nH]c2-c2ccccc2)N1. The highest BCUT2D eigenvalue weighted by Crippen LogP contribution is 2.44. The number of halogens is 2. The van der Waals surface area contributed by atoms with E-state index < -0.39 is 0 Å². The van der Waals surface area contributed by atoms with Crippen LogP contribution in [0.4, 0.5) is 5.82 Å². The average molecular weight is 358 g/mol. The van der Waals surface area contributed by atoms with E-state index in [-0.39, 0.29) is 11.8 Å². The molecule has 24 heavy (non-hydrogen) atoms. The van der Waals surface area contributed by atoms with Gasteiger partial charge < -0.3 is 5.32 Å². The van der Waals surface area contributed by atoms with Crippen molar-refractivity contribution in [3.63, 3.8) is 0 Å². The van der Waals surface area contributed by atoms with Crippen LogP contribution in [0.25, 0.3) is 11.3 Å². The van der Waals surface area contributed by atoms with E-state index in [4.69, 9.17) is 23.2 Å². The smallest absolute Gasteiger partial charge is 0.226 e.